The largest absolute Gasteiger partial charge is 0.396 e. The number of carbonyl (C=O) groups excluding carboxylic acids is 1. The second kappa shape index (κ2) is 6.69. The van der Waals surface area contributed by atoms with Gasteiger partial charge in [0.15, 0.2) is 5.13 Å². The lowest BCUT2D eigenvalue weighted by molar-refractivity contribution is 0.218. The van der Waals surface area contributed by atoms with Gasteiger partial charge in [0.1, 0.15) is 0 Å². The van der Waals surface area contributed by atoms with E-state index in [4.69, 9.17) is 5.11 Å². The number of nitrogens with one attached hydrogen (secondary N) is 2. The third-order valence-electron chi connectivity index (χ3n) is 2.97. The standard InChI is InChI=1S/C15H19N3O2S/c1-15(2,8-9-19)18-13(20)17-14-16-10-12(21-14)11-6-4-3-5-7-11/h3-7,10,19H,8-9H2,1-2H3,(H2,16,17,18,20). The summed E-state index contributed by atoms with van der Waals surface area (Å²) in [5.41, 5.74) is 0.613. The molecular formula is C15H19N3O2S. The van der Waals surface area contributed by atoms with E-state index in [9.17, 15) is 4.79 Å². The number of thiazole rings is 1. The van der Waals surface area contributed by atoms with Gasteiger partial charge in [0.2, 0.25) is 0 Å². The smallest absolute Gasteiger partial charge is 0.321 e. The molecule has 0 atom stereocenters. The van der Waals surface area contributed by atoms with E-state index in [0.29, 0.717) is 11.6 Å². The Morgan fingerprint density at radius 2 is 2.05 bits per heavy atom. The second-order valence-electron chi connectivity index (χ2n) is 5.33. The van der Waals surface area contributed by atoms with E-state index in [1.54, 1.807) is 6.20 Å². The summed E-state index contributed by atoms with van der Waals surface area (Å²) in [7, 11) is 0. The maximum absolute atomic E-state index is 11.9. The highest BCUT2D eigenvalue weighted by Crippen LogP contribution is 2.28. The highest BCUT2D eigenvalue weighted by molar-refractivity contribution is 7.19. The van der Waals surface area contributed by atoms with Gasteiger partial charge < -0.3 is 10.4 Å². The minimum absolute atomic E-state index is 0.0304. The Morgan fingerprint density at radius 3 is 2.71 bits per heavy atom. The zero-order valence-electron chi connectivity index (χ0n) is 12.1. The van der Waals surface area contributed by atoms with Crippen LogP contribution in [0.15, 0.2) is 36.5 Å². The van der Waals surface area contributed by atoms with E-state index in [-0.39, 0.29) is 12.6 Å². The van der Waals surface area contributed by atoms with Crippen LogP contribution in [0.3, 0.4) is 0 Å². The van der Waals surface area contributed by atoms with Gasteiger partial charge in [-0.2, -0.15) is 0 Å². The van der Waals surface area contributed by atoms with Crippen LogP contribution in [0.4, 0.5) is 9.93 Å². The number of hydrogen-bond acceptors (Lipinski definition) is 4. The molecule has 6 heteroatoms. The first-order valence-corrected chi connectivity index (χ1v) is 7.53. The molecule has 2 rings (SSSR count). The average Bonchev–Trinajstić information content (AvgIpc) is 2.87. The molecule has 0 spiro atoms. The van der Waals surface area contributed by atoms with Crippen LogP contribution in [0.5, 0.6) is 0 Å². The fourth-order valence-corrected chi connectivity index (χ4v) is 2.66. The van der Waals surface area contributed by atoms with Gasteiger partial charge in [-0.1, -0.05) is 41.7 Å². The molecule has 0 aliphatic heterocycles. The fourth-order valence-electron chi connectivity index (χ4n) is 1.85. The summed E-state index contributed by atoms with van der Waals surface area (Å²) in [5, 5.41) is 15.0. The van der Waals surface area contributed by atoms with Gasteiger partial charge in [-0.3, -0.25) is 5.32 Å². The van der Waals surface area contributed by atoms with Crippen molar-refractivity contribution in [1.29, 1.82) is 0 Å². The minimum Gasteiger partial charge on any atom is -0.396 e. The molecule has 5 nitrogen and oxygen atoms in total. The van der Waals surface area contributed by atoms with Crippen molar-refractivity contribution >= 4 is 22.5 Å². The summed E-state index contributed by atoms with van der Waals surface area (Å²) >= 11 is 1.42. The first-order chi connectivity index (χ1) is 10.00. The van der Waals surface area contributed by atoms with Gasteiger partial charge in [-0.15, -0.1) is 0 Å². The number of anilines is 1. The average molecular weight is 305 g/mol. The lowest BCUT2D eigenvalue weighted by Gasteiger charge is -2.24. The maximum Gasteiger partial charge on any atom is 0.321 e. The predicted molar refractivity (Wildman–Crippen MR) is 85.5 cm³/mol. The van der Waals surface area contributed by atoms with Crippen molar-refractivity contribution in [2.75, 3.05) is 11.9 Å². The number of aliphatic hydroxyl groups excluding tert-OH is 1. The van der Waals surface area contributed by atoms with E-state index >= 15 is 0 Å². The highest BCUT2D eigenvalue weighted by atomic mass is 32.1. The molecule has 0 radical (unpaired) electrons. The van der Waals surface area contributed by atoms with Crippen molar-refractivity contribution in [2.24, 2.45) is 0 Å². The molecule has 21 heavy (non-hydrogen) atoms. The molecule has 1 heterocycles. The Labute approximate surface area is 128 Å². The molecule has 0 saturated carbocycles. The molecule has 3 N–H and O–H groups in total. The molecule has 0 saturated heterocycles. The zero-order chi connectivity index (χ0) is 15.3. The van der Waals surface area contributed by atoms with Crippen LogP contribution in [0.25, 0.3) is 10.4 Å². The van der Waals surface area contributed by atoms with Gasteiger partial charge in [0.25, 0.3) is 0 Å². The minimum atomic E-state index is -0.460. The first-order valence-electron chi connectivity index (χ1n) is 6.71. The van der Waals surface area contributed by atoms with Crippen LogP contribution in [-0.4, -0.2) is 28.3 Å². The molecule has 0 unspecified atom stereocenters. The Morgan fingerprint density at radius 1 is 1.33 bits per heavy atom. The third-order valence-corrected chi connectivity index (χ3v) is 3.94. The number of hydrogen-bond donors (Lipinski definition) is 3. The first kappa shape index (κ1) is 15.5. The summed E-state index contributed by atoms with van der Waals surface area (Å²) < 4.78 is 0. The van der Waals surface area contributed by atoms with E-state index in [0.717, 1.165) is 10.4 Å². The van der Waals surface area contributed by atoms with Gasteiger partial charge in [-0.25, -0.2) is 9.78 Å². The van der Waals surface area contributed by atoms with Gasteiger partial charge in [-0.05, 0) is 25.8 Å². The number of nitrogens with zero attached hydrogens (tertiary/aromatic N) is 1. The topological polar surface area (TPSA) is 74.2 Å². The van der Waals surface area contributed by atoms with Crippen molar-refractivity contribution in [3.05, 3.63) is 36.5 Å². The Balaban J connectivity index is 1.98. The van der Waals surface area contributed by atoms with Crippen molar-refractivity contribution in [1.82, 2.24) is 10.3 Å². The number of aromatic nitrogens is 1. The molecule has 2 amide bonds. The van der Waals surface area contributed by atoms with E-state index in [2.05, 4.69) is 15.6 Å². The van der Waals surface area contributed by atoms with Gasteiger partial charge in [0.05, 0.1) is 4.88 Å². The van der Waals surface area contributed by atoms with Gasteiger partial charge in [0, 0.05) is 18.3 Å². The molecular weight excluding hydrogens is 286 g/mol. The van der Waals surface area contributed by atoms with E-state index in [1.807, 2.05) is 44.2 Å². The number of benzene rings is 1. The summed E-state index contributed by atoms with van der Waals surface area (Å²) in [6.07, 6.45) is 2.24. The molecule has 1 aromatic carbocycles. The van der Waals surface area contributed by atoms with Crippen LogP contribution in [0.2, 0.25) is 0 Å². The Hall–Kier alpha value is -1.92. The summed E-state index contributed by atoms with van der Waals surface area (Å²) in [4.78, 5) is 17.1. The van der Waals surface area contributed by atoms with Crippen LogP contribution in [0.1, 0.15) is 20.3 Å². The Bertz CT molecular complexity index is 596. The summed E-state index contributed by atoms with van der Waals surface area (Å²) in [5.74, 6) is 0. The van der Waals surface area contributed by atoms with E-state index in [1.165, 1.54) is 11.3 Å². The van der Waals surface area contributed by atoms with Crippen molar-refractivity contribution in [2.45, 2.75) is 25.8 Å². The second-order valence-corrected chi connectivity index (χ2v) is 6.36. The summed E-state index contributed by atoms with van der Waals surface area (Å²) in [6.45, 7) is 3.75. The lowest BCUT2D eigenvalue weighted by atomic mass is 10.0. The molecule has 0 fully saturated rings. The predicted octanol–water partition coefficient (Wildman–Crippen LogP) is 3.09. The molecule has 0 bridgehead atoms. The monoisotopic (exact) mass is 305 g/mol. The van der Waals surface area contributed by atoms with Gasteiger partial charge >= 0.3 is 6.03 Å². The van der Waals surface area contributed by atoms with Crippen LogP contribution >= 0.6 is 11.3 Å². The van der Waals surface area contributed by atoms with Crippen molar-refractivity contribution in [3.8, 4) is 10.4 Å². The van der Waals surface area contributed by atoms with Crippen LogP contribution < -0.4 is 10.6 Å². The number of amides is 2. The van der Waals surface area contributed by atoms with Crippen LogP contribution in [0, 0.1) is 0 Å². The number of aliphatic hydroxyl groups is 1. The molecule has 2 aromatic rings. The van der Waals surface area contributed by atoms with Crippen molar-refractivity contribution in [3.63, 3.8) is 0 Å². The zero-order valence-corrected chi connectivity index (χ0v) is 12.9. The highest BCUT2D eigenvalue weighted by Gasteiger charge is 2.20. The van der Waals surface area contributed by atoms with E-state index < -0.39 is 5.54 Å². The van der Waals surface area contributed by atoms with Crippen LogP contribution in [-0.2, 0) is 0 Å². The molecule has 0 aliphatic rings. The SMILES string of the molecule is CC(C)(CCO)NC(=O)Nc1ncc(-c2ccccc2)s1. The quantitative estimate of drug-likeness (QED) is 0.794. The normalized spacial score (nSPS) is 11.2. The lowest BCUT2D eigenvalue weighted by Crippen LogP contribution is -2.46. The number of urea groups is 1. The fraction of sp³-hybridized carbons (Fsp3) is 0.333. The third kappa shape index (κ3) is 4.54. The Kier molecular flexibility index (Phi) is 4.93. The summed E-state index contributed by atoms with van der Waals surface area (Å²) in [6, 6.07) is 9.57. The number of rotatable bonds is 5. The van der Waals surface area contributed by atoms with Crippen molar-refractivity contribution < 1.29 is 9.90 Å². The number of carbonyl (C=O) groups is 1. The maximum atomic E-state index is 11.9. The molecule has 0 aliphatic carbocycles. The molecule has 1 aromatic heterocycles. The molecule has 112 valence electrons.